The molecule has 4 aromatic rings. The first-order valence-corrected chi connectivity index (χ1v) is 11.8. The van der Waals surface area contributed by atoms with Gasteiger partial charge in [-0.1, -0.05) is 42.1 Å². The maximum Gasteiger partial charge on any atom is 0.256 e. The lowest BCUT2D eigenvalue weighted by molar-refractivity contribution is 0.104. The molecule has 1 aromatic heterocycles. The van der Waals surface area contributed by atoms with E-state index in [4.69, 9.17) is 13.9 Å². The SMILES string of the molecule is COc1cccc(/C=C/C(=O)c2ccc(OCCCCSc3nc4ccccc4o3)cc2)c1. The minimum absolute atomic E-state index is 0.0550. The predicted molar refractivity (Wildman–Crippen MR) is 132 cm³/mol. The van der Waals surface area contributed by atoms with Gasteiger partial charge in [-0.05, 0) is 73.0 Å². The Hall–Kier alpha value is -3.51. The molecule has 0 aliphatic carbocycles. The van der Waals surface area contributed by atoms with Crippen molar-refractivity contribution >= 4 is 34.7 Å². The van der Waals surface area contributed by atoms with Gasteiger partial charge in [-0.2, -0.15) is 0 Å². The Morgan fingerprint density at radius 1 is 1.00 bits per heavy atom. The van der Waals surface area contributed by atoms with Crippen LogP contribution in [-0.4, -0.2) is 30.2 Å². The van der Waals surface area contributed by atoms with Gasteiger partial charge in [0, 0.05) is 11.3 Å². The number of benzene rings is 3. The van der Waals surface area contributed by atoms with Gasteiger partial charge in [-0.15, -0.1) is 0 Å². The van der Waals surface area contributed by atoms with E-state index in [1.807, 2.05) is 60.7 Å². The number of nitrogens with zero attached hydrogens (tertiary/aromatic N) is 1. The topological polar surface area (TPSA) is 61.6 Å². The van der Waals surface area contributed by atoms with Crippen LogP contribution >= 0.6 is 11.8 Å². The van der Waals surface area contributed by atoms with Crippen molar-refractivity contribution in [3.05, 3.63) is 90.0 Å². The van der Waals surface area contributed by atoms with Gasteiger partial charge in [0.1, 0.15) is 17.0 Å². The van der Waals surface area contributed by atoms with Crippen molar-refractivity contribution in [2.45, 2.75) is 18.1 Å². The molecule has 0 saturated carbocycles. The lowest BCUT2D eigenvalue weighted by Crippen LogP contribution is -1.99. The van der Waals surface area contributed by atoms with E-state index in [9.17, 15) is 4.79 Å². The highest BCUT2D eigenvalue weighted by atomic mass is 32.2. The van der Waals surface area contributed by atoms with Gasteiger partial charge >= 0.3 is 0 Å². The number of thioether (sulfide) groups is 1. The summed E-state index contributed by atoms with van der Waals surface area (Å²) in [7, 11) is 1.62. The molecule has 0 fully saturated rings. The monoisotopic (exact) mass is 459 g/mol. The molecule has 0 aliphatic rings. The van der Waals surface area contributed by atoms with E-state index in [-0.39, 0.29) is 5.78 Å². The highest BCUT2D eigenvalue weighted by Crippen LogP contribution is 2.24. The first-order chi connectivity index (χ1) is 16.2. The number of para-hydroxylation sites is 2. The summed E-state index contributed by atoms with van der Waals surface area (Å²) in [5.41, 5.74) is 3.25. The molecule has 3 aromatic carbocycles. The summed E-state index contributed by atoms with van der Waals surface area (Å²) < 4.78 is 16.7. The van der Waals surface area contributed by atoms with E-state index in [0.29, 0.717) is 17.4 Å². The Bertz CT molecular complexity index is 1200. The van der Waals surface area contributed by atoms with Crippen LogP contribution < -0.4 is 9.47 Å². The number of carbonyl (C=O) groups is 1. The minimum atomic E-state index is -0.0550. The molecule has 1 heterocycles. The van der Waals surface area contributed by atoms with Crippen molar-refractivity contribution in [1.82, 2.24) is 4.98 Å². The summed E-state index contributed by atoms with van der Waals surface area (Å²) >= 11 is 1.62. The number of carbonyl (C=O) groups excluding carboxylic acids is 1. The van der Waals surface area contributed by atoms with Gasteiger partial charge in [-0.25, -0.2) is 4.98 Å². The van der Waals surface area contributed by atoms with Crippen molar-refractivity contribution in [2.24, 2.45) is 0 Å². The number of hydrogen-bond acceptors (Lipinski definition) is 6. The minimum Gasteiger partial charge on any atom is -0.497 e. The molecule has 33 heavy (non-hydrogen) atoms. The van der Waals surface area contributed by atoms with Crippen LogP contribution in [0.3, 0.4) is 0 Å². The normalized spacial score (nSPS) is 11.2. The number of aromatic nitrogens is 1. The zero-order valence-electron chi connectivity index (χ0n) is 18.4. The van der Waals surface area contributed by atoms with E-state index in [1.54, 1.807) is 43.2 Å². The first-order valence-electron chi connectivity index (χ1n) is 10.8. The summed E-state index contributed by atoms with van der Waals surface area (Å²) in [5, 5.41) is 0.706. The van der Waals surface area contributed by atoms with Gasteiger partial charge in [0.2, 0.25) is 0 Å². The van der Waals surface area contributed by atoms with Crippen LogP contribution in [0.15, 0.2) is 88.5 Å². The summed E-state index contributed by atoms with van der Waals surface area (Å²) in [6.07, 6.45) is 5.28. The largest absolute Gasteiger partial charge is 0.497 e. The Kier molecular flexibility index (Phi) is 7.82. The van der Waals surface area contributed by atoms with Crippen LogP contribution in [0.25, 0.3) is 17.2 Å². The standard InChI is InChI=1S/C27H25NO4S/c1-30-23-8-6-7-20(19-23)11-16-25(29)21-12-14-22(15-13-21)31-17-4-5-18-33-27-28-24-9-2-3-10-26(24)32-27/h2-3,6-16,19H,4-5,17-18H2,1H3/b16-11+. The molecule has 0 aliphatic heterocycles. The number of rotatable bonds is 11. The van der Waals surface area contributed by atoms with Gasteiger partial charge in [-0.3, -0.25) is 4.79 Å². The van der Waals surface area contributed by atoms with Crippen LogP contribution in [0.5, 0.6) is 11.5 Å². The van der Waals surface area contributed by atoms with Gasteiger partial charge < -0.3 is 13.9 Å². The number of allylic oxidation sites excluding steroid dienone is 1. The number of unbranched alkanes of at least 4 members (excludes halogenated alkanes) is 1. The molecular weight excluding hydrogens is 434 g/mol. The number of hydrogen-bond donors (Lipinski definition) is 0. The average Bonchev–Trinajstić information content (AvgIpc) is 3.28. The van der Waals surface area contributed by atoms with E-state index < -0.39 is 0 Å². The third-order valence-electron chi connectivity index (χ3n) is 4.97. The lowest BCUT2D eigenvalue weighted by atomic mass is 10.1. The van der Waals surface area contributed by atoms with Crippen LogP contribution in [0, 0.1) is 0 Å². The van der Waals surface area contributed by atoms with E-state index >= 15 is 0 Å². The fourth-order valence-electron chi connectivity index (χ4n) is 3.20. The maximum absolute atomic E-state index is 12.4. The highest BCUT2D eigenvalue weighted by Gasteiger charge is 2.06. The molecule has 0 radical (unpaired) electrons. The van der Waals surface area contributed by atoms with Crippen molar-refractivity contribution < 1.29 is 18.7 Å². The first kappa shape index (κ1) is 22.7. The molecule has 168 valence electrons. The second-order valence-electron chi connectivity index (χ2n) is 7.35. The Morgan fingerprint density at radius 2 is 1.85 bits per heavy atom. The molecule has 0 bridgehead atoms. The molecule has 0 saturated heterocycles. The van der Waals surface area contributed by atoms with Crippen molar-refractivity contribution in [3.8, 4) is 11.5 Å². The fraction of sp³-hybridized carbons (Fsp3) is 0.185. The Balaban J connectivity index is 1.17. The maximum atomic E-state index is 12.4. The fourth-order valence-corrected chi connectivity index (χ4v) is 4.03. The molecule has 5 nitrogen and oxygen atoms in total. The summed E-state index contributed by atoms with van der Waals surface area (Å²) in [4.78, 5) is 16.9. The highest BCUT2D eigenvalue weighted by molar-refractivity contribution is 7.99. The second-order valence-corrected chi connectivity index (χ2v) is 8.40. The second kappa shape index (κ2) is 11.4. The molecule has 0 atom stereocenters. The summed E-state index contributed by atoms with van der Waals surface area (Å²) in [6.45, 7) is 0.622. The third kappa shape index (κ3) is 6.49. The molecule has 0 N–H and O–H groups in total. The van der Waals surface area contributed by atoms with Crippen LogP contribution in [0.2, 0.25) is 0 Å². The Morgan fingerprint density at radius 3 is 2.67 bits per heavy atom. The third-order valence-corrected chi connectivity index (χ3v) is 5.88. The Labute approximate surface area is 197 Å². The van der Waals surface area contributed by atoms with Crippen LogP contribution in [0.1, 0.15) is 28.8 Å². The predicted octanol–water partition coefficient (Wildman–Crippen LogP) is 6.68. The molecule has 0 unspecified atom stereocenters. The summed E-state index contributed by atoms with van der Waals surface area (Å²) in [5.74, 6) is 2.38. The number of ether oxygens (including phenoxy) is 2. The van der Waals surface area contributed by atoms with Gasteiger partial charge in [0.05, 0.1) is 13.7 Å². The van der Waals surface area contributed by atoms with Crippen molar-refractivity contribution in [1.29, 1.82) is 0 Å². The van der Waals surface area contributed by atoms with Gasteiger partial charge in [0.15, 0.2) is 11.4 Å². The number of ketones is 1. The number of fused-ring (bicyclic) bond motifs is 1. The smallest absolute Gasteiger partial charge is 0.256 e. The molecule has 0 spiro atoms. The van der Waals surface area contributed by atoms with Crippen LogP contribution in [0.4, 0.5) is 0 Å². The lowest BCUT2D eigenvalue weighted by Gasteiger charge is -2.06. The molecule has 4 rings (SSSR count). The van der Waals surface area contributed by atoms with E-state index in [2.05, 4.69) is 4.98 Å². The quantitative estimate of drug-likeness (QED) is 0.108. The number of oxazole rings is 1. The molecular formula is C27H25NO4S. The van der Waals surface area contributed by atoms with Crippen molar-refractivity contribution in [2.75, 3.05) is 19.5 Å². The molecule has 0 amide bonds. The average molecular weight is 460 g/mol. The van der Waals surface area contributed by atoms with Gasteiger partial charge in [0.25, 0.3) is 5.22 Å². The summed E-state index contributed by atoms with van der Waals surface area (Å²) in [6, 6.07) is 22.6. The van der Waals surface area contributed by atoms with Crippen molar-refractivity contribution in [3.63, 3.8) is 0 Å². The zero-order chi connectivity index (χ0) is 22.9. The van der Waals surface area contributed by atoms with E-state index in [0.717, 1.165) is 46.8 Å². The number of methoxy groups -OCH3 is 1. The van der Waals surface area contributed by atoms with Crippen LogP contribution in [-0.2, 0) is 0 Å². The molecule has 6 heteroatoms. The zero-order valence-corrected chi connectivity index (χ0v) is 19.2. The van der Waals surface area contributed by atoms with E-state index in [1.165, 1.54) is 0 Å².